The molecule has 33 heavy (non-hydrogen) atoms. The van der Waals surface area contributed by atoms with Crippen molar-refractivity contribution >= 4 is 34.9 Å². The topological polar surface area (TPSA) is 88.6 Å². The van der Waals surface area contributed by atoms with Crippen molar-refractivity contribution in [3.05, 3.63) is 94.9 Å². The lowest BCUT2D eigenvalue weighted by Crippen LogP contribution is -2.37. The van der Waals surface area contributed by atoms with Gasteiger partial charge in [-0.1, -0.05) is 18.2 Å². The average molecular weight is 463 g/mol. The molecule has 9 heteroatoms. The van der Waals surface area contributed by atoms with Crippen LogP contribution in [-0.4, -0.2) is 40.0 Å². The summed E-state index contributed by atoms with van der Waals surface area (Å²) in [5.74, 6) is -0.209. The number of nitrogens with one attached hydrogen (secondary N) is 1. The minimum atomic E-state index is -0.514. The number of hydrogen-bond acceptors (Lipinski definition) is 6. The molecule has 1 aliphatic heterocycles. The Morgan fingerprint density at radius 2 is 1.85 bits per heavy atom. The molecule has 1 fully saturated rings. The highest BCUT2D eigenvalue weighted by atomic mass is 32.2. The van der Waals surface area contributed by atoms with E-state index in [2.05, 4.69) is 10.3 Å². The SMILES string of the molecule is O=C(NCCN1C(=O)S/C(=C\c2ccccc2F)C1=O)c1ccc(Oc2cccnc2)cc1. The van der Waals surface area contributed by atoms with Gasteiger partial charge >= 0.3 is 0 Å². The predicted octanol–water partition coefficient (Wildman–Crippen LogP) is 4.48. The summed E-state index contributed by atoms with van der Waals surface area (Å²) in [6.45, 7) is 0.0883. The molecule has 1 aliphatic rings. The number of hydrogen-bond donors (Lipinski definition) is 1. The summed E-state index contributed by atoms with van der Waals surface area (Å²) in [6, 6.07) is 16.1. The van der Waals surface area contributed by atoms with Gasteiger partial charge in [-0.2, -0.15) is 0 Å². The summed E-state index contributed by atoms with van der Waals surface area (Å²) in [6.07, 6.45) is 4.58. The van der Waals surface area contributed by atoms with Gasteiger partial charge in [-0.25, -0.2) is 4.39 Å². The molecular formula is C24H18FN3O4S. The van der Waals surface area contributed by atoms with E-state index < -0.39 is 17.0 Å². The molecule has 0 atom stereocenters. The normalized spacial score (nSPS) is 14.6. The van der Waals surface area contributed by atoms with E-state index in [1.54, 1.807) is 60.9 Å². The van der Waals surface area contributed by atoms with Crippen LogP contribution in [0.4, 0.5) is 9.18 Å². The summed E-state index contributed by atoms with van der Waals surface area (Å²) < 4.78 is 19.5. The Morgan fingerprint density at radius 3 is 2.58 bits per heavy atom. The third-order valence-electron chi connectivity index (χ3n) is 4.67. The van der Waals surface area contributed by atoms with Gasteiger partial charge in [0, 0.05) is 30.4 Å². The third-order valence-corrected chi connectivity index (χ3v) is 5.58. The lowest BCUT2D eigenvalue weighted by molar-refractivity contribution is -0.122. The number of amides is 3. The first kappa shape index (κ1) is 22.2. The second-order valence-electron chi connectivity index (χ2n) is 6.93. The first-order valence-corrected chi connectivity index (χ1v) is 10.8. The maximum absolute atomic E-state index is 13.8. The van der Waals surface area contributed by atoms with Crippen LogP contribution in [0.5, 0.6) is 11.5 Å². The molecule has 0 bridgehead atoms. The summed E-state index contributed by atoms with van der Waals surface area (Å²) >= 11 is 0.744. The quantitative estimate of drug-likeness (QED) is 0.520. The van der Waals surface area contributed by atoms with Crippen LogP contribution in [-0.2, 0) is 4.79 Å². The van der Waals surface area contributed by atoms with E-state index in [4.69, 9.17) is 4.74 Å². The first-order valence-electron chi connectivity index (χ1n) is 9.97. The van der Waals surface area contributed by atoms with E-state index in [0.717, 1.165) is 16.7 Å². The predicted molar refractivity (Wildman–Crippen MR) is 122 cm³/mol. The highest BCUT2D eigenvalue weighted by molar-refractivity contribution is 8.18. The van der Waals surface area contributed by atoms with E-state index in [9.17, 15) is 18.8 Å². The van der Waals surface area contributed by atoms with Crippen molar-refractivity contribution in [3.63, 3.8) is 0 Å². The van der Waals surface area contributed by atoms with Crippen molar-refractivity contribution in [2.24, 2.45) is 0 Å². The molecule has 1 saturated heterocycles. The molecule has 1 N–H and O–H groups in total. The van der Waals surface area contributed by atoms with Gasteiger partial charge in [0.1, 0.15) is 17.3 Å². The number of pyridine rings is 1. The second-order valence-corrected chi connectivity index (χ2v) is 7.92. The van der Waals surface area contributed by atoms with Crippen molar-refractivity contribution in [3.8, 4) is 11.5 Å². The fourth-order valence-electron chi connectivity index (χ4n) is 3.03. The number of imide groups is 1. The van der Waals surface area contributed by atoms with Crippen LogP contribution < -0.4 is 10.1 Å². The molecule has 0 aliphatic carbocycles. The highest BCUT2D eigenvalue weighted by Crippen LogP contribution is 2.32. The van der Waals surface area contributed by atoms with Crippen LogP contribution in [0.25, 0.3) is 6.08 Å². The Kier molecular flexibility index (Phi) is 6.80. The molecule has 0 radical (unpaired) electrons. The van der Waals surface area contributed by atoms with Gasteiger partial charge in [-0.15, -0.1) is 0 Å². The smallest absolute Gasteiger partial charge is 0.293 e. The zero-order chi connectivity index (χ0) is 23.2. The van der Waals surface area contributed by atoms with E-state index in [1.165, 1.54) is 18.2 Å². The fourth-order valence-corrected chi connectivity index (χ4v) is 3.88. The lowest BCUT2D eigenvalue weighted by Gasteiger charge is -2.13. The minimum Gasteiger partial charge on any atom is -0.456 e. The van der Waals surface area contributed by atoms with Crippen LogP contribution in [0.15, 0.2) is 78.0 Å². The van der Waals surface area contributed by atoms with Crippen molar-refractivity contribution in [2.45, 2.75) is 0 Å². The molecule has 166 valence electrons. The number of thioether (sulfide) groups is 1. The molecule has 0 saturated carbocycles. The second kappa shape index (κ2) is 10.1. The Bertz CT molecular complexity index is 1220. The van der Waals surface area contributed by atoms with Gasteiger partial charge in [0.05, 0.1) is 11.1 Å². The van der Waals surface area contributed by atoms with Gasteiger partial charge in [-0.3, -0.25) is 24.3 Å². The number of ether oxygens (including phenoxy) is 1. The Balaban J connectivity index is 1.31. The number of carbonyl (C=O) groups is 3. The van der Waals surface area contributed by atoms with Crippen molar-refractivity contribution < 1.29 is 23.5 Å². The number of aromatic nitrogens is 1. The lowest BCUT2D eigenvalue weighted by atomic mass is 10.2. The van der Waals surface area contributed by atoms with E-state index >= 15 is 0 Å². The first-order chi connectivity index (χ1) is 16.0. The zero-order valence-electron chi connectivity index (χ0n) is 17.2. The van der Waals surface area contributed by atoms with Gasteiger partial charge in [0.15, 0.2) is 0 Å². The molecule has 2 aromatic carbocycles. The molecule has 3 aromatic rings. The largest absolute Gasteiger partial charge is 0.456 e. The van der Waals surface area contributed by atoms with Crippen LogP contribution in [0.2, 0.25) is 0 Å². The monoisotopic (exact) mass is 463 g/mol. The molecule has 0 spiro atoms. The number of carbonyl (C=O) groups excluding carboxylic acids is 3. The van der Waals surface area contributed by atoms with Crippen molar-refractivity contribution in [1.82, 2.24) is 15.2 Å². The van der Waals surface area contributed by atoms with Crippen LogP contribution >= 0.6 is 11.8 Å². The molecule has 3 amide bonds. The molecule has 1 aromatic heterocycles. The molecule has 7 nitrogen and oxygen atoms in total. The summed E-state index contributed by atoms with van der Waals surface area (Å²) in [5.41, 5.74) is 0.634. The zero-order valence-corrected chi connectivity index (χ0v) is 18.0. The Morgan fingerprint density at radius 1 is 1.06 bits per heavy atom. The summed E-state index contributed by atoms with van der Waals surface area (Å²) in [4.78, 5) is 42.3. The fraction of sp³-hybridized carbons (Fsp3) is 0.0833. The number of benzene rings is 2. The van der Waals surface area contributed by atoms with Crippen LogP contribution in [0, 0.1) is 5.82 Å². The van der Waals surface area contributed by atoms with Gasteiger partial charge in [-0.05, 0) is 60.3 Å². The van der Waals surface area contributed by atoms with Crippen molar-refractivity contribution in [2.75, 3.05) is 13.1 Å². The maximum Gasteiger partial charge on any atom is 0.293 e. The van der Waals surface area contributed by atoms with Gasteiger partial charge in [0.25, 0.3) is 17.1 Å². The molecule has 4 rings (SSSR count). The third kappa shape index (κ3) is 5.45. The van der Waals surface area contributed by atoms with Gasteiger partial charge in [0.2, 0.25) is 0 Å². The number of nitrogens with zero attached hydrogens (tertiary/aromatic N) is 2. The average Bonchev–Trinajstić information content (AvgIpc) is 3.09. The van der Waals surface area contributed by atoms with Gasteiger partial charge < -0.3 is 10.1 Å². The molecule has 2 heterocycles. The summed E-state index contributed by atoms with van der Waals surface area (Å²) in [7, 11) is 0. The Labute approximate surface area is 193 Å². The number of halogens is 1. The van der Waals surface area contributed by atoms with E-state index in [0.29, 0.717) is 17.1 Å². The molecule has 0 unspecified atom stereocenters. The van der Waals surface area contributed by atoms with Crippen LogP contribution in [0.1, 0.15) is 15.9 Å². The molecular weight excluding hydrogens is 445 g/mol. The highest BCUT2D eigenvalue weighted by Gasteiger charge is 2.34. The van der Waals surface area contributed by atoms with Crippen molar-refractivity contribution in [1.29, 1.82) is 0 Å². The standard InChI is InChI=1S/C24H18FN3O4S/c25-20-6-2-1-4-17(20)14-21-23(30)28(24(31)33-21)13-12-27-22(29)16-7-9-18(10-8-16)32-19-5-3-11-26-15-19/h1-11,14-15H,12-13H2,(H,27,29)/b21-14-. The summed E-state index contributed by atoms with van der Waals surface area (Å²) in [5, 5.41) is 2.22. The number of rotatable bonds is 7. The van der Waals surface area contributed by atoms with Crippen LogP contribution in [0.3, 0.4) is 0 Å². The van der Waals surface area contributed by atoms with E-state index in [-0.39, 0.29) is 29.5 Å². The maximum atomic E-state index is 13.8. The van der Waals surface area contributed by atoms with E-state index in [1.807, 2.05) is 0 Å². The minimum absolute atomic E-state index is 0.00716. The Hall–Kier alpha value is -3.98.